The van der Waals surface area contributed by atoms with Gasteiger partial charge in [0.05, 0.1) is 23.6 Å². The Balaban J connectivity index is 2.11. The monoisotopic (exact) mass is 296 g/mol. The predicted octanol–water partition coefficient (Wildman–Crippen LogP) is 2.38. The van der Waals surface area contributed by atoms with Crippen LogP contribution < -0.4 is 5.56 Å². The van der Waals surface area contributed by atoms with Crippen molar-refractivity contribution in [3.63, 3.8) is 0 Å². The van der Waals surface area contributed by atoms with Crippen LogP contribution in [0.3, 0.4) is 0 Å². The highest BCUT2D eigenvalue weighted by Crippen LogP contribution is 2.21. The minimum Gasteiger partial charge on any atom is -0.508 e. The molecule has 2 aromatic heterocycles. The number of phenols is 1. The third-order valence-corrected chi connectivity index (χ3v) is 3.31. The number of rotatable bonds is 3. The zero-order chi connectivity index (χ0) is 15.7. The van der Waals surface area contributed by atoms with Crippen molar-refractivity contribution in [1.29, 1.82) is 0 Å². The van der Waals surface area contributed by atoms with Crippen LogP contribution in [0.2, 0.25) is 0 Å². The van der Waals surface area contributed by atoms with Crippen LogP contribution in [0.5, 0.6) is 5.75 Å². The Morgan fingerprint density at radius 1 is 1.05 bits per heavy atom. The van der Waals surface area contributed by atoms with E-state index in [0.717, 1.165) is 11.4 Å². The fourth-order valence-electron chi connectivity index (χ4n) is 2.23. The average molecular weight is 296 g/mol. The van der Waals surface area contributed by atoms with Crippen LogP contribution in [0, 0.1) is 0 Å². The molecule has 0 spiro atoms. The summed E-state index contributed by atoms with van der Waals surface area (Å²) in [6.45, 7) is 3.82. The Morgan fingerprint density at radius 2 is 1.77 bits per heavy atom. The van der Waals surface area contributed by atoms with Gasteiger partial charge in [-0.25, -0.2) is 9.36 Å². The molecule has 3 aromatic rings. The van der Waals surface area contributed by atoms with Crippen LogP contribution in [0.25, 0.3) is 17.1 Å². The van der Waals surface area contributed by atoms with Gasteiger partial charge in [-0.15, -0.1) is 0 Å². The lowest BCUT2D eigenvalue weighted by Gasteiger charge is -2.11. The molecule has 22 heavy (non-hydrogen) atoms. The van der Waals surface area contributed by atoms with Crippen molar-refractivity contribution >= 4 is 0 Å². The van der Waals surface area contributed by atoms with Gasteiger partial charge in [0.15, 0.2) is 0 Å². The lowest BCUT2D eigenvalue weighted by Crippen LogP contribution is -2.24. The number of hydrogen-bond acceptors (Lipinski definition) is 4. The van der Waals surface area contributed by atoms with E-state index < -0.39 is 0 Å². The standard InChI is InChI=1S/C16H16N4O2/c1-11(2)19-16(22)8-7-14(18-19)15-9-10-17-20(15)12-3-5-13(21)6-4-12/h3-11,21H,1-2H3. The molecule has 2 heterocycles. The predicted molar refractivity (Wildman–Crippen MR) is 83.1 cm³/mol. The van der Waals surface area contributed by atoms with Crippen LogP contribution in [-0.4, -0.2) is 24.7 Å². The number of nitrogens with zero attached hydrogens (tertiary/aromatic N) is 4. The molecule has 0 fully saturated rings. The van der Waals surface area contributed by atoms with Gasteiger partial charge in [0.1, 0.15) is 11.4 Å². The van der Waals surface area contributed by atoms with E-state index in [2.05, 4.69) is 10.2 Å². The molecular weight excluding hydrogens is 280 g/mol. The Bertz CT molecular complexity index is 847. The van der Waals surface area contributed by atoms with Crippen molar-refractivity contribution in [2.24, 2.45) is 0 Å². The smallest absolute Gasteiger partial charge is 0.267 e. The summed E-state index contributed by atoms with van der Waals surface area (Å²) in [6, 6.07) is 11.8. The van der Waals surface area contributed by atoms with Crippen molar-refractivity contribution in [2.45, 2.75) is 19.9 Å². The van der Waals surface area contributed by atoms with E-state index in [1.54, 1.807) is 41.2 Å². The van der Waals surface area contributed by atoms with Crippen LogP contribution in [0.1, 0.15) is 19.9 Å². The Kier molecular flexibility index (Phi) is 3.50. The Morgan fingerprint density at radius 3 is 2.45 bits per heavy atom. The Labute approximate surface area is 127 Å². The summed E-state index contributed by atoms with van der Waals surface area (Å²) in [5, 5.41) is 18.1. The molecule has 0 saturated heterocycles. The van der Waals surface area contributed by atoms with Crippen molar-refractivity contribution < 1.29 is 5.11 Å². The average Bonchev–Trinajstić information content (AvgIpc) is 2.97. The summed E-state index contributed by atoms with van der Waals surface area (Å²) < 4.78 is 3.17. The number of hydrogen-bond donors (Lipinski definition) is 1. The van der Waals surface area contributed by atoms with Crippen molar-refractivity contribution in [3.05, 3.63) is 59.0 Å². The molecule has 0 aliphatic rings. The first-order valence-electron chi connectivity index (χ1n) is 7.00. The third-order valence-electron chi connectivity index (χ3n) is 3.31. The largest absolute Gasteiger partial charge is 0.508 e. The number of aromatic nitrogens is 4. The van der Waals surface area contributed by atoms with Gasteiger partial charge in [0.2, 0.25) is 0 Å². The molecule has 0 aliphatic carbocycles. The quantitative estimate of drug-likeness (QED) is 0.805. The molecule has 0 saturated carbocycles. The van der Waals surface area contributed by atoms with Gasteiger partial charge in [0, 0.05) is 6.07 Å². The highest BCUT2D eigenvalue weighted by molar-refractivity contribution is 5.57. The maximum atomic E-state index is 11.8. The van der Waals surface area contributed by atoms with Gasteiger partial charge in [-0.05, 0) is 50.2 Å². The molecular formula is C16H16N4O2. The van der Waals surface area contributed by atoms with Crippen LogP contribution >= 0.6 is 0 Å². The molecule has 0 atom stereocenters. The number of aromatic hydroxyl groups is 1. The minimum atomic E-state index is -0.130. The highest BCUT2D eigenvalue weighted by Gasteiger charge is 2.11. The van der Waals surface area contributed by atoms with E-state index in [0.29, 0.717) is 5.69 Å². The fourth-order valence-corrected chi connectivity index (χ4v) is 2.23. The maximum absolute atomic E-state index is 11.8. The lowest BCUT2D eigenvalue weighted by atomic mass is 10.2. The summed E-state index contributed by atoms with van der Waals surface area (Å²) in [5.74, 6) is 0.198. The number of phenolic OH excluding ortho intramolecular Hbond substituents is 1. The van der Waals surface area contributed by atoms with E-state index in [1.807, 2.05) is 19.9 Å². The molecule has 0 amide bonds. The van der Waals surface area contributed by atoms with E-state index in [4.69, 9.17) is 0 Å². The summed E-state index contributed by atoms with van der Waals surface area (Å²) in [6.07, 6.45) is 1.68. The molecule has 0 unspecified atom stereocenters. The van der Waals surface area contributed by atoms with Crippen molar-refractivity contribution in [2.75, 3.05) is 0 Å². The van der Waals surface area contributed by atoms with Crippen LogP contribution in [0.4, 0.5) is 0 Å². The lowest BCUT2D eigenvalue weighted by molar-refractivity contribution is 0.475. The molecule has 6 heteroatoms. The molecule has 112 valence electrons. The molecule has 1 N–H and O–H groups in total. The van der Waals surface area contributed by atoms with E-state index in [1.165, 1.54) is 10.7 Å². The highest BCUT2D eigenvalue weighted by atomic mass is 16.3. The van der Waals surface area contributed by atoms with Crippen LogP contribution in [-0.2, 0) is 0 Å². The maximum Gasteiger partial charge on any atom is 0.267 e. The van der Waals surface area contributed by atoms with Crippen LogP contribution in [0.15, 0.2) is 53.5 Å². The van der Waals surface area contributed by atoms with E-state index in [9.17, 15) is 9.90 Å². The molecule has 0 radical (unpaired) electrons. The first-order chi connectivity index (χ1) is 10.6. The summed E-state index contributed by atoms with van der Waals surface area (Å²) in [4.78, 5) is 11.8. The molecule has 6 nitrogen and oxygen atoms in total. The van der Waals surface area contributed by atoms with Gasteiger partial charge >= 0.3 is 0 Å². The van der Waals surface area contributed by atoms with Gasteiger partial charge < -0.3 is 5.11 Å². The summed E-state index contributed by atoms with van der Waals surface area (Å²) in [5.41, 5.74) is 2.12. The third kappa shape index (κ3) is 2.50. The first-order valence-corrected chi connectivity index (χ1v) is 7.00. The second-order valence-electron chi connectivity index (χ2n) is 5.24. The van der Waals surface area contributed by atoms with Gasteiger partial charge in [-0.1, -0.05) is 0 Å². The van der Waals surface area contributed by atoms with Crippen molar-refractivity contribution in [1.82, 2.24) is 19.6 Å². The second kappa shape index (κ2) is 5.48. The molecule has 3 rings (SSSR count). The summed E-state index contributed by atoms with van der Waals surface area (Å²) >= 11 is 0. The summed E-state index contributed by atoms with van der Waals surface area (Å²) in [7, 11) is 0. The Hall–Kier alpha value is -2.89. The fraction of sp³-hybridized carbons (Fsp3) is 0.188. The molecule has 1 aromatic carbocycles. The van der Waals surface area contributed by atoms with Gasteiger partial charge in [0.25, 0.3) is 5.56 Å². The zero-order valence-electron chi connectivity index (χ0n) is 12.3. The number of benzene rings is 1. The molecule has 0 aliphatic heterocycles. The van der Waals surface area contributed by atoms with Crippen molar-refractivity contribution in [3.8, 4) is 22.8 Å². The normalized spacial score (nSPS) is 11.0. The first kappa shape index (κ1) is 14.1. The minimum absolute atomic E-state index is 0.0162. The van der Waals surface area contributed by atoms with Gasteiger partial charge in [-0.3, -0.25) is 4.79 Å². The molecule has 0 bridgehead atoms. The van der Waals surface area contributed by atoms with Gasteiger partial charge in [-0.2, -0.15) is 10.2 Å². The SMILES string of the molecule is CC(C)n1nc(-c2ccnn2-c2ccc(O)cc2)ccc1=O. The zero-order valence-corrected chi connectivity index (χ0v) is 12.3. The van der Waals surface area contributed by atoms with E-state index in [-0.39, 0.29) is 17.4 Å². The topological polar surface area (TPSA) is 72.9 Å². The van der Waals surface area contributed by atoms with E-state index >= 15 is 0 Å². The second-order valence-corrected chi connectivity index (χ2v) is 5.24.